The van der Waals surface area contributed by atoms with Crippen LogP contribution in [0.5, 0.6) is 0 Å². The Bertz CT molecular complexity index is 509. The first-order chi connectivity index (χ1) is 8.88. The number of benzene rings is 1. The highest BCUT2D eigenvalue weighted by atomic mass is 15.3. The maximum Gasteiger partial charge on any atom is 0.163 e. The van der Waals surface area contributed by atoms with Crippen LogP contribution < -0.4 is 5.73 Å². The van der Waals surface area contributed by atoms with E-state index < -0.39 is 0 Å². The van der Waals surface area contributed by atoms with Crippen molar-refractivity contribution in [2.75, 3.05) is 0 Å². The van der Waals surface area contributed by atoms with Crippen LogP contribution in [0.1, 0.15) is 37.3 Å². The topological polar surface area (TPSA) is 56.7 Å². The van der Waals surface area contributed by atoms with Gasteiger partial charge in [-0.3, -0.25) is 0 Å². The monoisotopic (exact) mass is 242 g/mol. The van der Waals surface area contributed by atoms with Crippen molar-refractivity contribution in [3.63, 3.8) is 0 Å². The fourth-order valence-corrected chi connectivity index (χ4v) is 2.69. The lowest BCUT2D eigenvalue weighted by atomic mass is 10.1. The molecule has 1 heterocycles. The van der Waals surface area contributed by atoms with E-state index in [4.69, 9.17) is 5.73 Å². The summed E-state index contributed by atoms with van der Waals surface area (Å²) >= 11 is 0. The van der Waals surface area contributed by atoms with E-state index in [2.05, 4.69) is 39.0 Å². The number of aromatic nitrogens is 3. The number of nitrogens with zero attached hydrogens (tertiary/aromatic N) is 3. The standard InChI is InChI=1S/C14H18N4/c15-9-11-5-7-12(8-6-11)14-17-16-10-18(14)13-3-1-2-4-13/h5-8,10,13H,1-4,9,15H2. The van der Waals surface area contributed by atoms with E-state index in [9.17, 15) is 0 Å². The summed E-state index contributed by atoms with van der Waals surface area (Å²) in [4.78, 5) is 0. The van der Waals surface area contributed by atoms with E-state index in [0.717, 1.165) is 17.0 Å². The zero-order valence-corrected chi connectivity index (χ0v) is 10.4. The Hall–Kier alpha value is -1.68. The summed E-state index contributed by atoms with van der Waals surface area (Å²) in [5.41, 5.74) is 7.88. The predicted octanol–water partition coefficient (Wildman–Crippen LogP) is 2.52. The molecule has 3 rings (SSSR count). The van der Waals surface area contributed by atoms with Gasteiger partial charge in [0.1, 0.15) is 6.33 Å². The molecule has 0 atom stereocenters. The minimum absolute atomic E-state index is 0.573. The Morgan fingerprint density at radius 1 is 1.17 bits per heavy atom. The Balaban J connectivity index is 1.93. The van der Waals surface area contributed by atoms with Crippen molar-refractivity contribution in [1.82, 2.24) is 14.8 Å². The fourth-order valence-electron chi connectivity index (χ4n) is 2.69. The van der Waals surface area contributed by atoms with Crippen molar-refractivity contribution in [1.29, 1.82) is 0 Å². The van der Waals surface area contributed by atoms with Gasteiger partial charge < -0.3 is 10.3 Å². The van der Waals surface area contributed by atoms with Crippen LogP contribution in [0, 0.1) is 0 Å². The van der Waals surface area contributed by atoms with Crippen LogP contribution >= 0.6 is 0 Å². The number of nitrogens with two attached hydrogens (primary N) is 1. The van der Waals surface area contributed by atoms with Crippen LogP contribution in [-0.4, -0.2) is 14.8 Å². The molecule has 1 saturated carbocycles. The molecule has 1 aliphatic carbocycles. The molecule has 4 heteroatoms. The normalized spacial score (nSPS) is 16.3. The largest absolute Gasteiger partial charge is 0.326 e. The van der Waals surface area contributed by atoms with Gasteiger partial charge in [0, 0.05) is 18.2 Å². The average Bonchev–Trinajstić information content (AvgIpc) is 3.09. The van der Waals surface area contributed by atoms with E-state index in [0.29, 0.717) is 12.6 Å². The Kier molecular flexibility index (Phi) is 3.11. The zero-order valence-electron chi connectivity index (χ0n) is 10.4. The molecule has 0 unspecified atom stereocenters. The average molecular weight is 242 g/mol. The molecule has 1 aromatic heterocycles. The van der Waals surface area contributed by atoms with Crippen molar-refractivity contribution in [3.8, 4) is 11.4 Å². The second kappa shape index (κ2) is 4.90. The van der Waals surface area contributed by atoms with Gasteiger partial charge in [0.2, 0.25) is 0 Å². The van der Waals surface area contributed by atoms with Crippen LogP contribution in [0.2, 0.25) is 0 Å². The molecule has 2 aromatic rings. The zero-order chi connectivity index (χ0) is 12.4. The highest BCUT2D eigenvalue weighted by Gasteiger charge is 2.20. The second-order valence-corrected chi connectivity index (χ2v) is 4.90. The van der Waals surface area contributed by atoms with Crippen molar-refractivity contribution in [3.05, 3.63) is 36.2 Å². The molecule has 18 heavy (non-hydrogen) atoms. The lowest BCUT2D eigenvalue weighted by molar-refractivity contribution is 0.522. The molecular formula is C14H18N4. The van der Waals surface area contributed by atoms with Gasteiger partial charge in [0.15, 0.2) is 5.82 Å². The van der Waals surface area contributed by atoms with Gasteiger partial charge in [0.05, 0.1) is 0 Å². The molecule has 0 radical (unpaired) electrons. The minimum Gasteiger partial charge on any atom is -0.326 e. The lowest BCUT2D eigenvalue weighted by Crippen LogP contribution is -2.05. The molecule has 0 aliphatic heterocycles. The smallest absolute Gasteiger partial charge is 0.163 e. The molecule has 0 amide bonds. The molecular weight excluding hydrogens is 224 g/mol. The summed E-state index contributed by atoms with van der Waals surface area (Å²) in [5, 5.41) is 8.34. The minimum atomic E-state index is 0.573. The molecule has 1 fully saturated rings. The van der Waals surface area contributed by atoms with Crippen LogP contribution in [0.4, 0.5) is 0 Å². The third kappa shape index (κ3) is 2.04. The van der Waals surface area contributed by atoms with E-state index in [1.165, 1.54) is 25.7 Å². The quantitative estimate of drug-likeness (QED) is 0.899. The highest BCUT2D eigenvalue weighted by molar-refractivity contribution is 5.55. The van der Waals surface area contributed by atoms with Crippen molar-refractivity contribution in [2.24, 2.45) is 5.73 Å². The van der Waals surface area contributed by atoms with Gasteiger partial charge in [-0.05, 0) is 18.4 Å². The SMILES string of the molecule is NCc1ccc(-c2nncn2C2CCCC2)cc1. The molecule has 0 bridgehead atoms. The predicted molar refractivity (Wildman–Crippen MR) is 70.9 cm³/mol. The molecule has 0 saturated heterocycles. The second-order valence-electron chi connectivity index (χ2n) is 4.90. The molecule has 1 aromatic carbocycles. The van der Waals surface area contributed by atoms with E-state index in [-0.39, 0.29) is 0 Å². The maximum absolute atomic E-state index is 5.61. The van der Waals surface area contributed by atoms with Crippen molar-refractivity contribution in [2.45, 2.75) is 38.3 Å². The summed E-state index contributed by atoms with van der Waals surface area (Å²) < 4.78 is 2.23. The van der Waals surface area contributed by atoms with Crippen molar-refractivity contribution < 1.29 is 0 Å². The lowest BCUT2D eigenvalue weighted by Gasteiger charge is -2.13. The van der Waals surface area contributed by atoms with Crippen molar-refractivity contribution >= 4 is 0 Å². The summed E-state index contributed by atoms with van der Waals surface area (Å²) in [6.07, 6.45) is 6.98. The molecule has 4 nitrogen and oxygen atoms in total. The Morgan fingerprint density at radius 2 is 1.89 bits per heavy atom. The number of hydrogen-bond acceptors (Lipinski definition) is 3. The maximum atomic E-state index is 5.61. The van der Waals surface area contributed by atoms with Gasteiger partial charge in [-0.15, -0.1) is 10.2 Å². The van der Waals surface area contributed by atoms with Gasteiger partial charge in [-0.1, -0.05) is 37.1 Å². The summed E-state index contributed by atoms with van der Waals surface area (Å²) in [6.45, 7) is 0.579. The first-order valence-electron chi connectivity index (χ1n) is 6.57. The van der Waals surface area contributed by atoms with Gasteiger partial charge in [-0.2, -0.15) is 0 Å². The van der Waals surface area contributed by atoms with Gasteiger partial charge in [-0.25, -0.2) is 0 Å². The molecule has 0 spiro atoms. The number of hydrogen-bond donors (Lipinski definition) is 1. The van der Waals surface area contributed by atoms with Crippen LogP contribution in [0.15, 0.2) is 30.6 Å². The van der Waals surface area contributed by atoms with Crippen LogP contribution in [-0.2, 0) is 6.54 Å². The molecule has 2 N–H and O–H groups in total. The van der Waals surface area contributed by atoms with Crippen LogP contribution in [0.3, 0.4) is 0 Å². The summed E-state index contributed by atoms with van der Waals surface area (Å²) in [6, 6.07) is 8.85. The first-order valence-corrected chi connectivity index (χ1v) is 6.57. The molecule has 94 valence electrons. The van der Waals surface area contributed by atoms with Crippen LogP contribution in [0.25, 0.3) is 11.4 Å². The highest BCUT2D eigenvalue weighted by Crippen LogP contribution is 2.32. The number of rotatable bonds is 3. The fraction of sp³-hybridized carbons (Fsp3) is 0.429. The van der Waals surface area contributed by atoms with E-state index in [1.807, 2.05) is 6.33 Å². The third-order valence-corrected chi connectivity index (χ3v) is 3.74. The van der Waals surface area contributed by atoms with E-state index >= 15 is 0 Å². The summed E-state index contributed by atoms with van der Waals surface area (Å²) in [7, 11) is 0. The van der Waals surface area contributed by atoms with Gasteiger partial charge >= 0.3 is 0 Å². The Morgan fingerprint density at radius 3 is 2.56 bits per heavy atom. The third-order valence-electron chi connectivity index (χ3n) is 3.74. The Labute approximate surface area is 107 Å². The van der Waals surface area contributed by atoms with E-state index in [1.54, 1.807) is 0 Å². The van der Waals surface area contributed by atoms with Gasteiger partial charge in [0.25, 0.3) is 0 Å². The summed E-state index contributed by atoms with van der Waals surface area (Å²) in [5.74, 6) is 0.977. The molecule has 1 aliphatic rings. The first kappa shape index (κ1) is 11.4.